The second-order valence-electron chi connectivity index (χ2n) is 3.80. The quantitative estimate of drug-likeness (QED) is 0.828. The van der Waals surface area contributed by atoms with Crippen molar-refractivity contribution in [2.45, 2.75) is 24.1 Å². The van der Waals surface area contributed by atoms with E-state index in [1.165, 1.54) is 7.11 Å². The van der Waals surface area contributed by atoms with E-state index in [1.54, 1.807) is 13.8 Å². The largest absolute Gasteiger partial charge is 0.468 e. The number of hydrogen-bond donors (Lipinski definition) is 1. The topological polar surface area (TPSA) is 85.4 Å². The minimum absolute atomic E-state index is 0.0398. The first-order chi connectivity index (χ1) is 8.27. The molecule has 0 aliphatic heterocycles. The first kappa shape index (κ1) is 15.4. The first-order valence-electron chi connectivity index (χ1n) is 4.99. The van der Waals surface area contributed by atoms with Crippen molar-refractivity contribution in [1.29, 1.82) is 0 Å². The van der Waals surface area contributed by atoms with Gasteiger partial charge in [-0.15, -0.1) is 0 Å². The molecule has 1 atom stereocenters. The molecule has 1 heterocycles. The number of carbonyl (C=O) groups is 1. The van der Waals surface area contributed by atoms with E-state index < -0.39 is 22.0 Å². The van der Waals surface area contributed by atoms with Gasteiger partial charge in [-0.05, 0) is 5.92 Å². The fourth-order valence-corrected chi connectivity index (χ4v) is 3.81. The Labute approximate surface area is 114 Å². The molecule has 0 bridgehead atoms. The van der Waals surface area contributed by atoms with Crippen LogP contribution in [0, 0.1) is 5.92 Å². The monoisotopic (exact) mass is 312 g/mol. The summed E-state index contributed by atoms with van der Waals surface area (Å²) in [6, 6.07) is -0.944. The maximum atomic E-state index is 12.0. The SMILES string of the molecule is COC(=O)[C@@H](NS(=O)(=O)c1cnc(Cl)s1)C(C)C. The van der Waals surface area contributed by atoms with Crippen molar-refractivity contribution in [3.8, 4) is 0 Å². The highest BCUT2D eigenvalue weighted by Gasteiger charge is 2.30. The summed E-state index contributed by atoms with van der Waals surface area (Å²) < 4.78 is 30.9. The number of methoxy groups -OCH3 is 1. The van der Waals surface area contributed by atoms with Crippen molar-refractivity contribution in [2.24, 2.45) is 5.92 Å². The molecule has 0 saturated carbocycles. The Bertz CT molecular complexity index is 526. The minimum atomic E-state index is -3.82. The summed E-state index contributed by atoms with van der Waals surface area (Å²) in [5.41, 5.74) is 0. The van der Waals surface area contributed by atoms with Crippen LogP contribution in [-0.4, -0.2) is 32.5 Å². The average molecular weight is 313 g/mol. The molecule has 0 aromatic carbocycles. The Hall–Kier alpha value is -0.700. The van der Waals surface area contributed by atoms with Gasteiger partial charge >= 0.3 is 5.97 Å². The van der Waals surface area contributed by atoms with Crippen molar-refractivity contribution in [2.75, 3.05) is 7.11 Å². The molecule has 1 aromatic heterocycles. The van der Waals surface area contributed by atoms with Gasteiger partial charge in [0.15, 0.2) is 8.68 Å². The van der Waals surface area contributed by atoms with Crippen LogP contribution in [-0.2, 0) is 19.6 Å². The fourth-order valence-electron chi connectivity index (χ4n) is 1.17. The lowest BCUT2D eigenvalue weighted by Crippen LogP contribution is -2.44. The van der Waals surface area contributed by atoms with E-state index in [1.807, 2.05) is 0 Å². The van der Waals surface area contributed by atoms with Gasteiger partial charge in [-0.2, -0.15) is 4.72 Å². The molecule has 6 nitrogen and oxygen atoms in total. The van der Waals surface area contributed by atoms with Crippen LogP contribution in [0.5, 0.6) is 0 Å². The maximum Gasteiger partial charge on any atom is 0.324 e. The lowest BCUT2D eigenvalue weighted by Gasteiger charge is -2.18. The molecule has 0 radical (unpaired) electrons. The molecule has 0 spiro atoms. The number of nitrogens with one attached hydrogen (secondary N) is 1. The summed E-state index contributed by atoms with van der Waals surface area (Å²) in [7, 11) is -2.61. The zero-order chi connectivity index (χ0) is 13.9. The predicted octanol–water partition coefficient (Wildman–Crippen LogP) is 1.27. The van der Waals surface area contributed by atoms with E-state index in [4.69, 9.17) is 11.6 Å². The number of nitrogens with zero attached hydrogens (tertiary/aromatic N) is 1. The average Bonchev–Trinajstić information content (AvgIpc) is 2.72. The summed E-state index contributed by atoms with van der Waals surface area (Å²) in [6.07, 6.45) is 1.14. The number of halogens is 1. The number of ether oxygens (including phenoxy) is 1. The highest BCUT2D eigenvalue weighted by molar-refractivity contribution is 7.91. The van der Waals surface area contributed by atoms with Crippen LogP contribution in [0.2, 0.25) is 4.47 Å². The third kappa shape index (κ3) is 3.64. The first-order valence-corrected chi connectivity index (χ1v) is 7.67. The van der Waals surface area contributed by atoms with Gasteiger partial charge in [0.2, 0.25) is 0 Å². The fraction of sp³-hybridized carbons (Fsp3) is 0.556. The number of thiazole rings is 1. The Balaban J connectivity index is 2.97. The van der Waals surface area contributed by atoms with E-state index in [-0.39, 0.29) is 14.6 Å². The molecule has 9 heteroatoms. The highest BCUT2D eigenvalue weighted by atomic mass is 35.5. The van der Waals surface area contributed by atoms with Crippen molar-refractivity contribution >= 4 is 38.9 Å². The van der Waals surface area contributed by atoms with Gasteiger partial charge in [0.25, 0.3) is 10.0 Å². The van der Waals surface area contributed by atoms with E-state index in [9.17, 15) is 13.2 Å². The van der Waals surface area contributed by atoms with Gasteiger partial charge in [0.05, 0.1) is 13.3 Å². The van der Waals surface area contributed by atoms with Gasteiger partial charge < -0.3 is 4.74 Å². The van der Waals surface area contributed by atoms with Crippen molar-refractivity contribution in [3.63, 3.8) is 0 Å². The molecule has 1 aromatic rings. The van der Waals surface area contributed by atoms with Gasteiger partial charge in [-0.3, -0.25) is 4.79 Å². The van der Waals surface area contributed by atoms with Crippen molar-refractivity contribution in [3.05, 3.63) is 10.7 Å². The molecular weight excluding hydrogens is 300 g/mol. The molecule has 0 aliphatic rings. The van der Waals surface area contributed by atoms with Gasteiger partial charge in [0, 0.05) is 0 Å². The molecule has 1 N–H and O–H groups in total. The maximum absolute atomic E-state index is 12.0. The third-order valence-electron chi connectivity index (χ3n) is 2.13. The van der Waals surface area contributed by atoms with E-state index >= 15 is 0 Å². The molecule has 0 amide bonds. The van der Waals surface area contributed by atoms with Crippen LogP contribution in [0.4, 0.5) is 0 Å². The zero-order valence-electron chi connectivity index (χ0n) is 10.0. The normalized spacial score (nSPS) is 13.6. The number of esters is 1. The number of sulfonamides is 1. The van der Waals surface area contributed by atoms with Crippen LogP contribution in [0.25, 0.3) is 0 Å². The Morgan fingerprint density at radius 2 is 2.17 bits per heavy atom. The number of rotatable bonds is 5. The molecule has 1 rings (SSSR count). The van der Waals surface area contributed by atoms with Crippen LogP contribution in [0.1, 0.15) is 13.8 Å². The summed E-state index contributed by atoms with van der Waals surface area (Å²) in [6.45, 7) is 3.42. The van der Waals surface area contributed by atoms with E-state index in [2.05, 4.69) is 14.4 Å². The van der Waals surface area contributed by atoms with Crippen molar-refractivity contribution in [1.82, 2.24) is 9.71 Å². The standard InChI is InChI=1S/C9H13ClN2O4S2/c1-5(2)7(8(13)16-3)12-18(14,15)6-4-11-9(10)17-6/h4-5,7,12H,1-3H3/t7-/m0/s1. The molecule has 0 fully saturated rings. The molecule has 0 unspecified atom stereocenters. The highest BCUT2D eigenvalue weighted by Crippen LogP contribution is 2.23. The lowest BCUT2D eigenvalue weighted by atomic mass is 10.1. The Morgan fingerprint density at radius 1 is 1.56 bits per heavy atom. The molecule has 0 saturated heterocycles. The van der Waals surface area contributed by atoms with E-state index in [0.717, 1.165) is 17.5 Å². The number of carbonyl (C=O) groups excluding carboxylic acids is 1. The molecular formula is C9H13ClN2O4S2. The second-order valence-corrected chi connectivity index (χ2v) is 7.35. The smallest absolute Gasteiger partial charge is 0.324 e. The molecule has 18 heavy (non-hydrogen) atoms. The summed E-state index contributed by atoms with van der Waals surface area (Å²) in [4.78, 5) is 15.1. The Kier molecular flexibility index (Phi) is 5.09. The lowest BCUT2D eigenvalue weighted by molar-refractivity contribution is -0.143. The second kappa shape index (κ2) is 5.96. The van der Waals surface area contributed by atoms with Gasteiger partial charge in [0.1, 0.15) is 6.04 Å². The van der Waals surface area contributed by atoms with Gasteiger partial charge in [-0.1, -0.05) is 36.8 Å². The Morgan fingerprint density at radius 3 is 2.56 bits per heavy atom. The predicted molar refractivity (Wildman–Crippen MR) is 68.1 cm³/mol. The third-order valence-corrected chi connectivity index (χ3v) is 5.14. The summed E-state index contributed by atoms with van der Waals surface area (Å²) in [5, 5.41) is 0. The van der Waals surface area contributed by atoms with Gasteiger partial charge in [-0.25, -0.2) is 13.4 Å². The van der Waals surface area contributed by atoms with E-state index in [0.29, 0.717) is 0 Å². The minimum Gasteiger partial charge on any atom is -0.468 e. The van der Waals surface area contributed by atoms with Crippen molar-refractivity contribution < 1.29 is 17.9 Å². The number of aromatic nitrogens is 1. The van der Waals surface area contributed by atoms with Crippen LogP contribution in [0.3, 0.4) is 0 Å². The summed E-state index contributed by atoms with van der Waals surface area (Å²) in [5.74, 6) is -0.875. The molecule has 0 aliphatic carbocycles. The van der Waals surface area contributed by atoms with Crippen LogP contribution >= 0.6 is 22.9 Å². The van der Waals surface area contributed by atoms with Crippen LogP contribution < -0.4 is 4.72 Å². The van der Waals surface area contributed by atoms with Crippen LogP contribution in [0.15, 0.2) is 10.4 Å². The molecule has 102 valence electrons. The zero-order valence-corrected chi connectivity index (χ0v) is 12.4. The number of hydrogen-bond acceptors (Lipinski definition) is 6. The summed E-state index contributed by atoms with van der Waals surface area (Å²) >= 11 is 6.40.